The van der Waals surface area contributed by atoms with Gasteiger partial charge in [-0.25, -0.2) is 0 Å². The normalized spacial score (nSPS) is 34.6. The third-order valence-electron chi connectivity index (χ3n) is 8.00. The molecule has 4 bridgehead atoms. The van der Waals surface area contributed by atoms with Crippen molar-refractivity contribution in [2.45, 2.75) is 64.4 Å². The van der Waals surface area contributed by atoms with E-state index in [1.807, 2.05) is 13.0 Å². The highest BCUT2D eigenvalue weighted by molar-refractivity contribution is 5.83. The molecule has 5 heteroatoms. The van der Waals surface area contributed by atoms with E-state index in [4.69, 9.17) is 4.74 Å². The molecule has 0 radical (unpaired) electrons. The first-order chi connectivity index (χ1) is 13.4. The van der Waals surface area contributed by atoms with Gasteiger partial charge in [0.25, 0.3) is 5.56 Å². The Morgan fingerprint density at radius 3 is 2.14 bits per heavy atom. The van der Waals surface area contributed by atoms with E-state index in [1.165, 1.54) is 19.3 Å². The van der Waals surface area contributed by atoms with E-state index in [1.54, 1.807) is 17.7 Å². The fraction of sp³-hybridized carbons (Fsp3) is 0.739. The highest BCUT2D eigenvalue weighted by Crippen LogP contribution is 2.60. The number of nitrogens with zero attached hydrogens (tertiary/aromatic N) is 2. The topological polar surface area (TPSA) is 51.5 Å². The number of likely N-dealkylation sites (tertiary alicyclic amines) is 1. The van der Waals surface area contributed by atoms with Gasteiger partial charge in [0.05, 0.1) is 5.41 Å². The molecule has 5 aliphatic rings. The molecule has 4 aliphatic carbocycles. The van der Waals surface area contributed by atoms with Crippen LogP contribution in [-0.4, -0.2) is 34.6 Å². The van der Waals surface area contributed by atoms with Gasteiger partial charge >= 0.3 is 0 Å². The van der Waals surface area contributed by atoms with Crippen molar-refractivity contribution in [2.24, 2.45) is 30.2 Å². The van der Waals surface area contributed by atoms with Crippen LogP contribution in [0.15, 0.2) is 16.9 Å². The fourth-order valence-corrected chi connectivity index (χ4v) is 6.88. The maximum Gasteiger partial charge on any atom is 0.254 e. The smallest absolute Gasteiger partial charge is 0.254 e. The summed E-state index contributed by atoms with van der Waals surface area (Å²) >= 11 is 0. The second-order valence-corrected chi connectivity index (χ2v) is 10.0. The van der Waals surface area contributed by atoms with Crippen molar-refractivity contribution in [1.82, 2.24) is 9.47 Å². The molecule has 0 spiro atoms. The minimum Gasteiger partial charge on any atom is -0.490 e. The van der Waals surface area contributed by atoms with Crippen LogP contribution in [0.3, 0.4) is 0 Å². The number of amides is 1. The fourth-order valence-electron chi connectivity index (χ4n) is 6.88. The SMILES string of the molecule is Cc1cc(OC2CCN(C(=O)C34CC5CC(CC(C5)C3)C4)CC2)cc(=O)n1C. The third kappa shape index (κ3) is 3.07. The minimum atomic E-state index is -0.0376. The molecular weight excluding hydrogens is 352 g/mol. The second-order valence-electron chi connectivity index (χ2n) is 10.0. The lowest BCUT2D eigenvalue weighted by Crippen LogP contribution is -2.56. The number of hydrogen-bond acceptors (Lipinski definition) is 3. The molecule has 4 saturated carbocycles. The number of ether oxygens (including phenoxy) is 1. The molecule has 2 heterocycles. The van der Waals surface area contributed by atoms with Gasteiger partial charge in [-0.1, -0.05) is 0 Å². The molecule has 28 heavy (non-hydrogen) atoms. The maximum absolute atomic E-state index is 13.5. The Morgan fingerprint density at radius 2 is 1.61 bits per heavy atom. The Labute approximate surface area is 167 Å². The Morgan fingerprint density at radius 1 is 1.04 bits per heavy atom. The highest BCUT2D eigenvalue weighted by Gasteiger charge is 2.55. The largest absolute Gasteiger partial charge is 0.490 e. The van der Waals surface area contributed by atoms with Gasteiger partial charge in [0.15, 0.2) is 0 Å². The quantitative estimate of drug-likeness (QED) is 0.804. The second kappa shape index (κ2) is 6.64. The molecule has 0 unspecified atom stereocenters. The predicted molar refractivity (Wildman–Crippen MR) is 107 cm³/mol. The summed E-state index contributed by atoms with van der Waals surface area (Å²) in [5.41, 5.74) is 0.826. The summed E-state index contributed by atoms with van der Waals surface area (Å²) < 4.78 is 7.72. The molecular formula is C23H32N2O3. The molecule has 1 saturated heterocycles. The average molecular weight is 385 g/mol. The van der Waals surface area contributed by atoms with Crippen LogP contribution < -0.4 is 10.3 Å². The van der Waals surface area contributed by atoms with E-state index in [-0.39, 0.29) is 17.1 Å². The molecule has 1 amide bonds. The summed E-state index contributed by atoms with van der Waals surface area (Å²) in [5.74, 6) is 3.51. The number of carbonyl (C=O) groups excluding carboxylic acids is 1. The van der Waals surface area contributed by atoms with Gasteiger partial charge in [-0.3, -0.25) is 9.59 Å². The number of hydrogen-bond donors (Lipinski definition) is 0. The molecule has 152 valence electrons. The van der Waals surface area contributed by atoms with E-state index >= 15 is 0 Å². The van der Waals surface area contributed by atoms with Crippen LogP contribution in [0.25, 0.3) is 0 Å². The Kier molecular flexibility index (Phi) is 4.33. The number of rotatable bonds is 3. The van der Waals surface area contributed by atoms with E-state index in [0.29, 0.717) is 11.7 Å². The van der Waals surface area contributed by atoms with Gasteiger partial charge < -0.3 is 14.2 Å². The number of aryl methyl sites for hydroxylation is 1. The van der Waals surface area contributed by atoms with Crippen LogP contribution in [0, 0.1) is 30.1 Å². The summed E-state index contributed by atoms with van der Waals surface area (Å²) in [6.07, 6.45) is 9.34. The van der Waals surface area contributed by atoms with E-state index in [9.17, 15) is 9.59 Å². The van der Waals surface area contributed by atoms with Crippen molar-refractivity contribution < 1.29 is 9.53 Å². The van der Waals surface area contributed by atoms with Gasteiger partial charge in [0, 0.05) is 44.7 Å². The number of aromatic nitrogens is 1. The van der Waals surface area contributed by atoms with Crippen molar-refractivity contribution in [3.8, 4) is 5.75 Å². The average Bonchev–Trinajstić information content (AvgIpc) is 2.65. The van der Waals surface area contributed by atoms with Crippen LogP contribution in [0.2, 0.25) is 0 Å². The molecule has 6 rings (SSSR count). The summed E-state index contributed by atoms with van der Waals surface area (Å²) in [6.45, 7) is 3.49. The summed E-state index contributed by atoms with van der Waals surface area (Å²) in [5, 5.41) is 0. The zero-order valence-electron chi connectivity index (χ0n) is 17.2. The van der Waals surface area contributed by atoms with Gasteiger partial charge in [-0.05, 0) is 69.3 Å². The molecule has 0 atom stereocenters. The predicted octanol–water partition coefficient (Wildman–Crippen LogP) is 3.28. The van der Waals surface area contributed by atoms with E-state index in [2.05, 4.69) is 4.90 Å². The van der Waals surface area contributed by atoms with Crippen molar-refractivity contribution >= 4 is 5.91 Å². The number of pyridine rings is 1. The lowest BCUT2D eigenvalue weighted by molar-refractivity contribution is -0.159. The van der Waals surface area contributed by atoms with Crippen LogP contribution in [-0.2, 0) is 11.8 Å². The molecule has 0 N–H and O–H groups in total. The molecule has 5 fully saturated rings. The van der Waals surface area contributed by atoms with Crippen LogP contribution >= 0.6 is 0 Å². The molecule has 1 aliphatic heterocycles. The molecule has 1 aromatic rings. The van der Waals surface area contributed by atoms with Gasteiger partial charge in [0.1, 0.15) is 11.9 Å². The molecule has 1 aromatic heterocycles. The zero-order valence-corrected chi connectivity index (χ0v) is 17.2. The van der Waals surface area contributed by atoms with Gasteiger partial charge in [-0.2, -0.15) is 0 Å². The monoisotopic (exact) mass is 384 g/mol. The Bertz CT molecular complexity index is 799. The lowest BCUT2D eigenvalue weighted by Gasteiger charge is -2.57. The highest BCUT2D eigenvalue weighted by atomic mass is 16.5. The van der Waals surface area contributed by atoms with Gasteiger partial charge in [-0.15, -0.1) is 0 Å². The standard InChI is InChI=1S/C23H32N2O3/c1-15-7-20(11-21(26)24(15)2)28-19-3-5-25(6-4-19)22(27)23-12-16-8-17(13-23)10-18(9-16)14-23/h7,11,16-19H,3-6,8-10,12-14H2,1-2H3. The van der Waals surface area contributed by atoms with Crippen LogP contribution in [0.5, 0.6) is 5.75 Å². The van der Waals surface area contributed by atoms with Crippen molar-refractivity contribution in [3.05, 3.63) is 28.2 Å². The minimum absolute atomic E-state index is 0.0365. The van der Waals surface area contributed by atoms with E-state index < -0.39 is 0 Å². The van der Waals surface area contributed by atoms with Crippen molar-refractivity contribution in [1.29, 1.82) is 0 Å². The van der Waals surface area contributed by atoms with Crippen LogP contribution in [0.1, 0.15) is 57.1 Å². The Balaban J connectivity index is 1.22. The first-order valence-corrected chi connectivity index (χ1v) is 11.1. The lowest BCUT2D eigenvalue weighted by atomic mass is 9.49. The van der Waals surface area contributed by atoms with Crippen LogP contribution in [0.4, 0.5) is 0 Å². The summed E-state index contributed by atoms with van der Waals surface area (Å²) in [6, 6.07) is 3.49. The van der Waals surface area contributed by atoms with Crippen molar-refractivity contribution in [3.63, 3.8) is 0 Å². The first kappa shape index (κ1) is 18.3. The summed E-state index contributed by atoms with van der Waals surface area (Å²) in [7, 11) is 1.77. The molecule has 5 nitrogen and oxygen atoms in total. The number of carbonyl (C=O) groups is 1. The van der Waals surface area contributed by atoms with Crippen molar-refractivity contribution in [2.75, 3.05) is 13.1 Å². The zero-order chi connectivity index (χ0) is 19.5. The van der Waals surface area contributed by atoms with E-state index in [0.717, 1.165) is 68.6 Å². The maximum atomic E-state index is 13.5. The third-order valence-corrected chi connectivity index (χ3v) is 8.00. The first-order valence-electron chi connectivity index (χ1n) is 11.1. The van der Waals surface area contributed by atoms with Gasteiger partial charge in [0.2, 0.25) is 5.91 Å². The molecule has 0 aromatic carbocycles. The Hall–Kier alpha value is -1.78. The number of piperidine rings is 1. The summed E-state index contributed by atoms with van der Waals surface area (Å²) in [4.78, 5) is 27.6.